The van der Waals surface area contributed by atoms with Crippen LogP contribution in [0.5, 0.6) is 0 Å². The first-order valence-electron chi connectivity index (χ1n) is 9.48. The van der Waals surface area contributed by atoms with E-state index in [1.54, 1.807) is 51.1 Å². The Kier molecular flexibility index (Phi) is 7.64. The standard InChI is InChI=1S/C21H26N2O7S/c1-21(2,3)30-20(27)23(19(25)26)13-12-18(24)15-8-7-9-16(14-15)22-31(28,29)17-10-5-4-6-11-17/h4-11,14,18,22,24H,12-13H2,1-3H3,(H,25,26). The van der Waals surface area contributed by atoms with Crippen molar-refractivity contribution < 1.29 is 33.0 Å². The van der Waals surface area contributed by atoms with Crippen LogP contribution in [-0.2, 0) is 14.8 Å². The Morgan fingerprint density at radius 2 is 1.74 bits per heavy atom. The normalized spacial score (nSPS) is 12.6. The molecule has 0 spiro atoms. The summed E-state index contributed by atoms with van der Waals surface area (Å²) < 4.78 is 32.4. The highest BCUT2D eigenvalue weighted by Crippen LogP contribution is 2.23. The van der Waals surface area contributed by atoms with Crippen LogP contribution in [0.25, 0.3) is 0 Å². The molecule has 0 aliphatic carbocycles. The molecular weight excluding hydrogens is 424 g/mol. The van der Waals surface area contributed by atoms with Crippen molar-refractivity contribution in [2.45, 2.75) is 43.8 Å². The third-order valence-electron chi connectivity index (χ3n) is 4.05. The van der Waals surface area contributed by atoms with Gasteiger partial charge in [-0.1, -0.05) is 30.3 Å². The van der Waals surface area contributed by atoms with Gasteiger partial charge in [0, 0.05) is 12.2 Å². The number of aliphatic hydroxyl groups is 1. The zero-order valence-electron chi connectivity index (χ0n) is 17.5. The number of carboxylic acid groups (broad SMARTS) is 1. The fourth-order valence-corrected chi connectivity index (χ4v) is 3.69. The number of imide groups is 1. The van der Waals surface area contributed by atoms with Crippen molar-refractivity contribution in [3.8, 4) is 0 Å². The van der Waals surface area contributed by atoms with Crippen LogP contribution in [-0.4, -0.2) is 47.9 Å². The molecule has 9 nitrogen and oxygen atoms in total. The number of hydrogen-bond donors (Lipinski definition) is 3. The highest BCUT2D eigenvalue weighted by molar-refractivity contribution is 7.92. The second-order valence-electron chi connectivity index (χ2n) is 7.76. The molecule has 1 atom stereocenters. The molecule has 0 saturated heterocycles. The summed E-state index contributed by atoms with van der Waals surface area (Å²) in [5.41, 5.74) is -0.265. The molecule has 2 amide bonds. The van der Waals surface area contributed by atoms with Crippen molar-refractivity contribution in [2.75, 3.05) is 11.3 Å². The van der Waals surface area contributed by atoms with Crippen LogP contribution >= 0.6 is 0 Å². The van der Waals surface area contributed by atoms with E-state index >= 15 is 0 Å². The minimum Gasteiger partial charge on any atom is -0.465 e. The molecule has 2 aromatic rings. The molecule has 0 radical (unpaired) electrons. The molecule has 10 heteroatoms. The third-order valence-corrected chi connectivity index (χ3v) is 5.45. The van der Waals surface area contributed by atoms with Gasteiger partial charge in [-0.3, -0.25) is 4.72 Å². The van der Waals surface area contributed by atoms with Crippen molar-refractivity contribution in [3.05, 3.63) is 60.2 Å². The molecule has 1 unspecified atom stereocenters. The van der Waals surface area contributed by atoms with Crippen LogP contribution < -0.4 is 4.72 Å². The lowest BCUT2D eigenvalue weighted by atomic mass is 10.1. The topological polar surface area (TPSA) is 133 Å². The lowest BCUT2D eigenvalue weighted by Crippen LogP contribution is -2.41. The van der Waals surface area contributed by atoms with E-state index in [1.807, 2.05) is 0 Å². The van der Waals surface area contributed by atoms with Crippen LogP contribution in [0.2, 0.25) is 0 Å². The first-order valence-corrected chi connectivity index (χ1v) is 11.0. The number of rotatable bonds is 7. The first-order chi connectivity index (χ1) is 14.4. The van der Waals surface area contributed by atoms with Crippen LogP contribution in [0.15, 0.2) is 59.5 Å². The lowest BCUT2D eigenvalue weighted by Gasteiger charge is -2.25. The Morgan fingerprint density at radius 3 is 2.32 bits per heavy atom. The predicted molar refractivity (Wildman–Crippen MR) is 114 cm³/mol. The van der Waals surface area contributed by atoms with Crippen LogP contribution in [0.1, 0.15) is 38.9 Å². The van der Waals surface area contributed by atoms with E-state index in [0.29, 0.717) is 10.5 Å². The van der Waals surface area contributed by atoms with Gasteiger partial charge in [-0.15, -0.1) is 0 Å². The zero-order valence-corrected chi connectivity index (χ0v) is 18.3. The number of amides is 2. The van der Waals surface area contributed by atoms with E-state index in [-0.39, 0.29) is 23.5 Å². The molecule has 2 aromatic carbocycles. The lowest BCUT2D eigenvalue weighted by molar-refractivity contribution is 0.0244. The fourth-order valence-electron chi connectivity index (χ4n) is 2.62. The number of carbonyl (C=O) groups excluding carboxylic acids is 1. The van der Waals surface area contributed by atoms with E-state index in [9.17, 15) is 28.2 Å². The highest BCUT2D eigenvalue weighted by atomic mass is 32.2. The number of anilines is 1. The average Bonchev–Trinajstić information content (AvgIpc) is 2.67. The highest BCUT2D eigenvalue weighted by Gasteiger charge is 2.27. The van der Waals surface area contributed by atoms with Crippen molar-refractivity contribution in [2.24, 2.45) is 0 Å². The Balaban J connectivity index is 2.08. The van der Waals surface area contributed by atoms with Gasteiger partial charge in [0.2, 0.25) is 0 Å². The molecule has 2 rings (SSSR count). The van der Waals surface area contributed by atoms with Gasteiger partial charge in [0.25, 0.3) is 10.0 Å². The average molecular weight is 451 g/mol. The molecule has 3 N–H and O–H groups in total. The molecular formula is C21H26N2O7S. The smallest absolute Gasteiger partial charge is 0.419 e. The number of sulfonamides is 1. The summed E-state index contributed by atoms with van der Waals surface area (Å²) >= 11 is 0. The first kappa shape index (κ1) is 24.2. The maximum Gasteiger partial charge on any atom is 0.419 e. The van der Waals surface area contributed by atoms with Gasteiger partial charge in [-0.25, -0.2) is 22.9 Å². The predicted octanol–water partition coefficient (Wildman–Crippen LogP) is 3.83. The van der Waals surface area contributed by atoms with E-state index in [1.165, 1.54) is 24.3 Å². The molecule has 0 heterocycles. The molecule has 0 bridgehead atoms. The molecule has 0 aliphatic heterocycles. The van der Waals surface area contributed by atoms with E-state index in [2.05, 4.69) is 4.72 Å². The summed E-state index contributed by atoms with van der Waals surface area (Å²) in [4.78, 5) is 24.0. The number of ether oxygens (including phenoxy) is 1. The molecule has 0 aliphatic rings. The van der Waals surface area contributed by atoms with Gasteiger partial charge in [0.15, 0.2) is 0 Å². The van der Waals surface area contributed by atoms with Crippen molar-refractivity contribution in [1.29, 1.82) is 0 Å². The number of aliphatic hydroxyl groups excluding tert-OH is 1. The van der Waals surface area contributed by atoms with Gasteiger partial charge in [-0.05, 0) is 57.0 Å². The Bertz CT molecular complexity index is 1020. The molecule has 31 heavy (non-hydrogen) atoms. The summed E-state index contributed by atoms with van der Waals surface area (Å²) in [7, 11) is -3.80. The number of hydrogen-bond acceptors (Lipinski definition) is 6. The molecule has 0 saturated carbocycles. The quantitative estimate of drug-likeness (QED) is 0.584. The largest absolute Gasteiger partial charge is 0.465 e. The Morgan fingerprint density at radius 1 is 1.10 bits per heavy atom. The van der Waals surface area contributed by atoms with Crippen LogP contribution in [0.4, 0.5) is 15.3 Å². The van der Waals surface area contributed by atoms with Gasteiger partial charge in [0.1, 0.15) is 5.60 Å². The maximum absolute atomic E-state index is 12.5. The minimum absolute atomic E-state index is 0.0930. The number of nitrogens with one attached hydrogen (secondary N) is 1. The monoisotopic (exact) mass is 450 g/mol. The summed E-state index contributed by atoms with van der Waals surface area (Å²) in [5, 5.41) is 19.7. The SMILES string of the molecule is CC(C)(C)OC(=O)N(CCC(O)c1cccc(NS(=O)(=O)c2ccccc2)c1)C(=O)O. The Labute approximate surface area is 181 Å². The van der Waals surface area contributed by atoms with E-state index in [4.69, 9.17) is 4.74 Å². The fraction of sp³-hybridized carbons (Fsp3) is 0.333. The second kappa shape index (κ2) is 9.80. The van der Waals surface area contributed by atoms with Gasteiger partial charge >= 0.3 is 12.2 Å². The van der Waals surface area contributed by atoms with Crippen molar-refractivity contribution in [3.63, 3.8) is 0 Å². The van der Waals surface area contributed by atoms with Crippen LogP contribution in [0.3, 0.4) is 0 Å². The number of carbonyl (C=O) groups is 2. The van der Waals surface area contributed by atoms with Gasteiger partial charge in [0.05, 0.1) is 11.0 Å². The molecule has 168 valence electrons. The summed E-state index contributed by atoms with van der Waals surface area (Å²) in [6, 6.07) is 13.9. The van der Waals surface area contributed by atoms with Crippen molar-refractivity contribution in [1.82, 2.24) is 4.90 Å². The molecule has 0 fully saturated rings. The summed E-state index contributed by atoms with van der Waals surface area (Å²) in [6.07, 6.45) is -3.76. The maximum atomic E-state index is 12.5. The van der Waals surface area contributed by atoms with E-state index in [0.717, 1.165) is 0 Å². The second-order valence-corrected chi connectivity index (χ2v) is 9.45. The van der Waals surface area contributed by atoms with Crippen molar-refractivity contribution >= 4 is 27.9 Å². The zero-order chi connectivity index (χ0) is 23.2. The Hall–Kier alpha value is -3.11. The molecule has 0 aromatic heterocycles. The summed E-state index contributed by atoms with van der Waals surface area (Å²) in [5.74, 6) is 0. The summed E-state index contributed by atoms with van der Waals surface area (Å²) in [6.45, 7) is 4.54. The number of benzene rings is 2. The van der Waals surface area contributed by atoms with Gasteiger partial charge in [-0.2, -0.15) is 0 Å². The number of nitrogens with zero attached hydrogens (tertiary/aromatic N) is 1. The van der Waals surface area contributed by atoms with Crippen LogP contribution in [0, 0.1) is 0 Å². The van der Waals surface area contributed by atoms with Gasteiger partial charge < -0.3 is 14.9 Å². The minimum atomic E-state index is -3.80. The van der Waals surface area contributed by atoms with E-state index < -0.39 is 33.9 Å². The third kappa shape index (κ3) is 7.26.